The van der Waals surface area contributed by atoms with E-state index in [0.29, 0.717) is 5.69 Å². The van der Waals surface area contributed by atoms with Crippen molar-refractivity contribution >= 4 is 32.5 Å². The van der Waals surface area contributed by atoms with E-state index in [1.807, 2.05) is 30.3 Å². The molecule has 0 aliphatic rings. The molecule has 4 aromatic rings. The van der Waals surface area contributed by atoms with Gasteiger partial charge in [0, 0.05) is 5.39 Å². The number of anilines is 1. The molecule has 3 aromatic carbocycles. The lowest BCUT2D eigenvalue weighted by Crippen LogP contribution is -2.45. The number of nitrogens with one attached hydrogen (secondary N) is 2. The van der Waals surface area contributed by atoms with Gasteiger partial charge in [0.25, 0.3) is 0 Å². The van der Waals surface area contributed by atoms with Crippen LogP contribution in [0.4, 0.5) is 10.1 Å². The highest BCUT2D eigenvalue weighted by molar-refractivity contribution is 7.89. The molecule has 32 heavy (non-hydrogen) atoms. The summed E-state index contributed by atoms with van der Waals surface area (Å²) in [5.41, 5.74) is 1.95. The van der Waals surface area contributed by atoms with E-state index in [1.54, 1.807) is 30.3 Å². The number of sulfonamides is 1. The van der Waals surface area contributed by atoms with Gasteiger partial charge in [-0.15, -0.1) is 0 Å². The van der Waals surface area contributed by atoms with Gasteiger partial charge in [0.2, 0.25) is 15.9 Å². The van der Waals surface area contributed by atoms with Crippen molar-refractivity contribution < 1.29 is 17.6 Å². The van der Waals surface area contributed by atoms with Crippen LogP contribution in [0.1, 0.15) is 5.56 Å². The topological polar surface area (TPSA) is 88.2 Å². The van der Waals surface area contributed by atoms with Gasteiger partial charge < -0.3 is 5.32 Å². The first-order chi connectivity index (χ1) is 15.4. The zero-order valence-corrected chi connectivity index (χ0v) is 17.7. The van der Waals surface area contributed by atoms with Crippen molar-refractivity contribution in [2.24, 2.45) is 0 Å². The molecule has 0 aliphatic carbocycles. The van der Waals surface area contributed by atoms with Crippen LogP contribution in [0.5, 0.6) is 0 Å². The molecule has 1 heterocycles. The summed E-state index contributed by atoms with van der Waals surface area (Å²) in [5, 5.41) is 3.55. The van der Waals surface area contributed by atoms with Crippen molar-refractivity contribution in [3.8, 4) is 0 Å². The molecule has 0 bridgehead atoms. The fourth-order valence-corrected chi connectivity index (χ4v) is 4.59. The van der Waals surface area contributed by atoms with Gasteiger partial charge in [0.05, 0.1) is 17.4 Å². The van der Waals surface area contributed by atoms with E-state index >= 15 is 0 Å². The molecular formula is C24H20FN3O3S. The van der Waals surface area contributed by atoms with Crippen molar-refractivity contribution in [3.63, 3.8) is 0 Å². The smallest absolute Gasteiger partial charge is 0.244 e. The Balaban J connectivity index is 1.62. The number of nitrogens with zero attached hydrogens (tertiary/aromatic N) is 1. The molecule has 0 fully saturated rings. The number of rotatable bonds is 7. The van der Waals surface area contributed by atoms with E-state index in [-0.39, 0.29) is 6.42 Å². The van der Waals surface area contributed by atoms with Gasteiger partial charge in [-0.25, -0.2) is 12.8 Å². The molecule has 0 radical (unpaired) electrons. The predicted octanol–water partition coefficient (Wildman–Crippen LogP) is 3.90. The van der Waals surface area contributed by atoms with E-state index in [1.165, 1.54) is 18.3 Å². The quantitative estimate of drug-likeness (QED) is 0.448. The molecule has 1 atom stereocenters. The number of benzene rings is 3. The number of halogens is 1. The second-order valence-electron chi connectivity index (χ2n) is 7.20. The Labute approximate surface area is 185 Å². The monoisotopic (exact) mass is 449 g/mol. The minimum Gasteiger partial charge on any atom is -0.323 e. The minimum absolute atomic E-state index is 0.0847. The van der Waals surface area contributed by atoms with Crippen molar-refractivity contribution in [1.29, 1.82) is 0 Å². The van der Waals surface area contributed by atoms with Crippen molar-refractivity contribution in [1.82, 2.24) is 9.71 Å². The second kappa shape index (κ2) is 9.25. The Morgan fingerprint density at radius 3 is 2.41 bits per heavy atom. The van der Waals surface area contributed by atoms with Crippen molar-refractivity contribution in [2.75, 3.05) is 5.32 Å². The van der Waals surface area contributed by atoms with E-state index < -0.39 is 32.7 Å². The van der Waals surface area contributed by atoms with Crippen LogP contribution in [0.2, 0.25) is 0 Å². The van der Waals surface area contributed by atoms with Gasteiger partial charge in [-0.05, 0) is 36.2 Å². The average Bonchev–Trinajstić information content (AvgIpc) is 2.79. The largest absolute Gasteiger partial charge is 0.323 e. The molecule has 2 N–H and O–H groups in total. The number of amides is 1. The lowest BCUT2D eigenvalue weighted by atomic mass is 10.1. The van der Waals surface area contributed by atoms with Crippen LogP contribution in [-0.4, -0.2) is 25.4 Å². The zero-order valence-electron chi connectivity index (χ0n) is 16.9. The lowest BCUT2D eigenvalue weighted by Gasteiger charge is -2.19. The van der Waals surface area contributed by atoms with Crippen LogP contribution in [0.3, 0.4) is 0 Å². The SMILES string of the molecule is O=C(Nc1cnc2ccccc2c1)[C@H](Cc1ccccc1)NS(=O)(=O)c1ccccc1F. The molecule has 0 saturated carbocycles. The van der Waals surface area contributed by atoms with Gasteiger partial charge in [0.1, 0.15) is 16.8 Å². The highest BCUT2D eigenvalue weighted by atomic mass is 32.2. The molecule has 0 aliphatic heterocycles. The number of hydrogen-bond donors (Lipinski definition) is 2. The van der Waals surface area contributed by atoms with Gasteiger partial charge in [-0.2, -0.15) is 4.72 Å². The molecule has 0 spiro atoms. The van der Waals surface area contributed by atoms with Crippen LogP contribution < -0.4 is 10.0 Å². The normalized spacial score (nSPS) is 12.4. The molecule has 6 nitrogen and oxygen atoms in total. The maximum atomic E-state index is 14.1. The maximum Gasteiger partial charge on any atom is 0.244 e. The molecule has 8 heteroatoms. The van der Waals surface area contributed by atoms with Crippen LogP contribution >= 0.6 is 0 Å². The number of pyridine rings is 1. The summed E-state index contributed by atoms with van der Waals surface area (Å²) in [6.45, 7) is 0. The predicted molar refractivity (Wildman–Crippen MR) is 121 cm³/mol. The van der Waals surface area contributed by atoms with Crippen molar-refractivity contribution in [3.05, 3.63) is 103 Å². The van der Waals surface area contributed by atoms with E-state index in [4.69, 9.17) is 0 Å². The highest BCUT2D eigenvalue weighted by Gasteiger charge is 2.28. The molecule has 162 valence electrons. The van der Waals surface area contributed by atoms with E-state index in [0.717, 1.165) is 28.6 Å². The van der Waals surface area contributed by atoms with Crippen LogP contribution in [0.15, 0.2) is 96.0 Å². The average molecular weight is 450 g/mol. The fourth-order valence-electron chi connectivity index (χ4n) is 3.32. The minimum atomic E-state index is -4.28. The first-order valence-electron chi connectivity index (χ1n) is 9.89. The Hall–Kier alpha value is -3.62. The number of aromatic nitrogens is 1. The van der Waals surface area contributed by atoms with Gasteiger partial charge >= 0.3 is 0 Å². The Kier molecular flexibility index (Phi) is 6.25. The van der Waals surface area contributed by atoms with E-state index in [9.17, 15) is 17.6 Å². The molecule has 1 aromatic heterocycles. The number of carbonyl (C=O) groups excluding carboxylic acids is 1. The van der Waals surface area contributed by atoms with Crippen LogP contribution in [-0.2, 0) is 21.2 Å². The Bertz CT molecular complexity index is 1360. The summed E-state index contributed by atoms with van der Waals surface area (Å²) in [7, 11) is -4.28. The number of para-hydroxylation sites is 1. The Morgan fingerprint density at radius 2 is 1.62 bits per heavy atom. The molecule has 0 saturated heterocycles. The van der Waals surface area contributed by atoms with Gasteiger partial charge in [0.15, 0.2) is 0 Å². The first-order valence-corrected chi connectivity index (χ1v) is 11.4. The highest BCUT2D eigenvalue weighted by Crippen LogP contribution is 2.18. The molecule has 0 unspecified atom stereocenters. The van der Waals surface area contributed by atoms with Gasteiger partial charge in [-0.1, -0.05) is 60.7 Å². The van der Waals surface area contributed by atoms with E-state index in [2.05, 4.69) is 15.0 Å². The zero-order chi connectivity index (χ0) is 22.6. The molecular weight excluding hydrogens is 429 g/mol. The number of carbonyl (C=O) groups is 1. The summed E-state index contributed by atoms with van der Waals surface area (Å²) in [6.07, 6.45) is 1.59. The first kappa shape index (κ1) is 21.6. The third kappa shape index (κ3) is 4.99. The summed E-state index contributed by atoms with van der Waals surface area (Å²) < 4.78 is 42.2. The van der Waals surface area contributed by atoms with Crippen LogP contribution in [0, 0.1) is 5.82 Å². The number of fused-ring (bicyclic) bond motifs is 1. The third-order valence-corrected chi connectivity index (χ3v) is 6.39. The Morgan fingerprint density at radius 1 is 0.938 bits per heavy atom. The standard InChI is InChI=1S/C24H20FN3O3S/c25-20-11-5-7-13-23(20)32(30,31)28-22(14-17-8-2-1-3-9-17)24(29)27-19-15-18-10-4-6-12-21(18)26-16-19/h1-13,15-16,22,28H,14H2,(H,27,29)/t22-/m0/s1. The summed E-state index contributed by atoms with van der Waals surface area (Å²) >= 11 is 0. The van der Waals surface area contributed by atoms with Gasteiger partial charge in [-0.3, -0.25) is 9.78 Å². The number of hydrogen-bond acceptors (Lipinski definition) is 4. The molecule has 1 amide bonds. The lowest BCUT2D eigenvalue weighted by molar-refractivity contribution is -0.117. The maximum absolute atomic E-state index is 14.1. The summed E-state index contributed by atoms with van der Waals surface area (Å²) in [4.78, 5) is 16.9. The second-order valence-corrected chi connectivity index (χ2v) is 8.88. The summed E-state index contributed by atoms with van der Waals surface area (Å²) in [6, 6.07) is 22.0. The van der Waals surface area contributed by atoms with Crippen molar-refractivity contribution in [2.45, 2.75) is 17.4 Å². The third-order valence-electron chi connectivity index (χ3n) is 4.88. The molecule has 4 rings (SSSR count). The fraction of sp³-hybridized carbons (Fsp3) is 0.0833. The van der Waals surface area contributed by atoms with Crippen LogP contribution in [0.25, 0.3) is 10.9 Å². The summed E-state index contributed by atoms with van der Waals surface area (Å²) in [5.74, 6) is -1.47.